The first-order valence-electron chi connectivity index (χ1n) is 13.0. The number of nitrogens with zero attached hydrogens (tertiary/aromatic N) is 1. The van der Waals surface area contributed by atoms with Crippen molar-refractivity contribution >= 4 is 27.7 Å². The second-order valence-electron chi connectivity index (χ2n) is 9.75. The van der Waals surface area contributed by atoms with Gasteiger partial charge in [0.25, 0.3) is 5.91 Å². The van der Waals surface area contributed by atoms with Crippen LogP contribution in [0.3, 0.4) is 0 Å². The molecule has 1 aliphatic rings. The van der Waals surface area contributed by atoms with E-state index in [0.717, 1.165) is 53.6 Å². The number of aromatic nitrogens is 1. The van der Waals surface area contributed by atoms with Crippen LogP contribution in [-0.4, -0.2) is 49.0 Å². The summed E-state index contributed by atoms with van der Waals surface area (Å²) in [5.41, 5.74) is 4.40. The highest BCUT2D eigenvalue weighted by Gasteiger charge is 2.21. The van der Waals surface area contributed by atoms with Crippen molar-refractivity contribution in [3.8, 4) is 11.1 Å². The molecule has 1 heterocycles. The fourth-order valence-corrected chi connectivity index (χ4v) is 6.46. The molecule has 4 rings (SSSR count). The van der Waals surface area contributed by atoms with Gasteiger partial charge in [-0.1, -0.05) is 55.7 Å². The van der Waals surface area contributed by atoms with Crippen LogP contribution in [0.25, 0.3) is 11.1 Å². The molecule has 1 aliphatic carbocycles. The summed E-state index contributed by atoms with van der Waals surface area (Å²) in [6.45, 7) is 1.20. The lowest BCUT2D eigenvalue weighted by Gasteiger charge is -2.22. The highest BCUT2D eigenvalue weighted by molar-refractivity contribution is 8.00. The summed E-state index contributed by atoms with van der Waals surface area (Å²) < 4.78 is 25.5. The molecule has 1 atom stereocenters. The Morgan fingerprint density at radius 2 is 1.82 bits per heavy atom. The standard InChI is InChI=1S/C29H35N3O4S2/c1-38(35,36)32-29(34)26-14-13-23(18-28(26)37-25-7-3-2-4-8-25)22-11-9-21(10-12-22)15-17-31-20-27(33)24-6-5-16-30-19-24/h5-6,9-14,16,18-19,25,27,31,33H,2-4,7-8,15,17,20H2,1H3,(H,32,34)/t27-/m1/s1. The normalized spacial score (nSPS) is 15.2. The van der Waals surface area contributed by atoms with Crippen LogP contribution in [0.5, 0.6) is 0 Å². The molecule has 0 saturated heterocycles. The van der Waals surface area contributed by atoms with Gasteiger partial charge in [-0.05, 0) is 60.7 Å². The van der Waals surface area contributed by atoms with Gasteiger partial charge in [0.05, 0.1) is 17.9 Å². The van der Waals surface area contributed by atoms with Crippen LogP contribution in [0, 0.1) is 0 Å². The molecule has 1 saturated carbocycles. The minimum absolute atomic E-state index is 0.394. The van der Waals surface area contributed by atoms with Crippen molar-refractivity contribution in [3.05, 3.63) is 83.7 Å². The highest BCUT2D eigenvalue weighted by Crippen LogP contribution is 2.37. The highest BCUT2D eigenvalue weighted by atomic mass is 32.2. The number of aliphatic hydroxyl groups is 1. The van der Waals surface area contributed by atoms with E-state index < -0.39 is 22.0 Å². The van der Waals surface area contributed by atoms with E-state index >= 15 is 0 Å². The van der Waals surface area contributed by atoms with E-state index in [0.29, 0.717) is 17.4 Å². The maximum Gasteiger partial charge on any atom is 0.265 e. The van der Waals surface area contributed by atoms with Crippen molar-refractivity contribution in [1.82, 2.24) is 15.0 Å². The Labute approximate surface area is 229 Å². The Morgan fingerprint density at radius 3 is 2.50 bits per heavy atom. The van der Waals surface area contributed by atoms with Crippen molar-refractivity contribution in [1.29, 1.82) is 0 Å². The van der Waals surface area contributed by atoms with Gasteiger partial charge in [0.15, 0.2) is 0 Å². The molecular weight excluding hydrogens is 518 g/mol. The van der Waals surface area contributed by atoms with Crippen molar-refractivity contribution in [2.75, 3.05) is 19.3 Å². The van der Waals surface area contributed by atoms with E-state index in [1.54, 1.807) is 30.2 Å². The Hall–Kier alpha value is -2.72. The third-order valence-electron chi connectivity index (χ3n) is 6.63. The summed E-state index contributed by atoms with van der Waals surface area (Å²) in [5, 5.41) is 14.0. The lowest BCUT2D eigenvalue weighted by molar-refractivity contribution is 0.0979. The molecule has 3 N–H and O–H groups in total. The quantitative estimate of drug-likeness (QED) is 0.295. The summed E-state index contributed by atoms with van der Waals surface area (Å²) in [6, 6.07) is 17.6. The monoisotopic (exact) mass is 553 g/mol. The summed E-state index contributed by atoms with van der Waals surface area (Å²) >= 11 is 1.68. The van der Waals surface area contributed by atoms with Gasteiger partial charge < -0.3 is 10.4 Å². The van der Waals surface area contributed by atoms with Crippen LogP contribution in [0.15, 0.2) is 71.9 Å². The maximum absolute atomic E-state index is 12.7. The molecule has 0 aliphatic heterocycles. The molecule has 202 valence electrons. The van der Waals surface area contributed by atoms with Crippen molar-refractivity contribution in [2.45, 2.75) is 54.8 Å². The Bertz CT molecular complexity index is 1310. The van der Waals surface area contributed by atoms with Crippen LogP contribution in [0.1, 0.15) is 59.7 Å². The predicted molar refractivity (Wildman–Crippen MR) is 153 cm³/mol. The maximum atomic E-state index is 12.7. The predicted octanol–water partition coefficient (Wildman–Crippen LogP) is 4.73. The summed E-state index contributed by atoms with van der Waals surface area (Å²) in [5.74, 6) is -0.589. The molecule has 1 amide bonds. The number of amides is 1. The van der Waals surface area contributed by atoms with Gasteiger partial charge in [0, 0.05) is 34.6 Å². The van der Waals surface area contributed by atoms with E-state index in [9.17, 15) is 18.3 Å². The number of hydrogen-bond donors (Lipinski definition) is 3. The molecule has 1 fully saturated rings. The SMILES string of the molecule is CS(=O)(=O)NC(=O)c1ccc(-c2ccc(CCNC[C@@H](O)c3cccnc3)cc2)cc1SC1CCCCC1. The molecule has 9 heteroatoms. The summed E-state index contributed by atoms with van der Waals surface area (Å²) in [4.78, 5) is 17.6. The van der Waals surface area contributed by atoms with Gasteiger partial charge >= 0.3 is 0 Å². The molecular formula is C29H35N3O4S2. The largest absolute Gasteiger partial charge is 0.387 e. The lowest BCUT2D eigenvalue weighted by Crippen LogP contribution is -2.29. The van der Waals surface area contributed by atoms with E-state index in [4.69, 9.17) is 0 Å². The number of carbonyl (C=O) groups excluding carboxylic acids is 1. The molecule has 0 radical (unpaired) electrons. The first-order valence-corrected chi connectivity index (χ1v) is 15.8. The first-order chi connectivity index (χ1) is 18.3. The minimum atomic E-state index is -3.65. The fraction of sp³-hybridized carbons (Fsp3) is 0.379. The zero-order valence-electron chi connectivity index (χ0n) is 21.6. The van der Waals surface area contributed by atoms with Crippen LogP contribution in [-0.2, 0) is 16.4 Å². The van der Waals surface area contributed by atoms with Gasteiger partial charge in [-0.2, -0.15) is 0 Å². The number of rotatable bonds is 11. The summed E-state index contributed by atoms with van der Waals surface area (Å²) in [7, 11) is -3.65. The van der Waals surface area contributed by atoms with Gasteiger partial charge in [0.1, 0.15) is 0 Å². The topological polar surface area (TPSA) is 108 Å². The lowest BCUT2D eigenvalue weighted by atomic mass is 10.0. The Balaban J connectivity index is 1.41. The van der Waals surface area contributed by atoms with Gasteiger partial charge in [-0.25, -0.2) is 13.1 Å². The zero-order valence-corrected chi connectivity index (χ0v) is 23.2. The minimum Gasteiger partial charge on any atom is -0.387 e. The third kappa shape index (κ3) is 8.39. The number of benzene rings is 2. The number of nitrogens with one attached hydrogen (secondary N) is 2. The van der Waals surface area contributed by atoms with Crippen LogP contribution < -0.4 is 10.0 Å². The molecule has 38 heavy (non-hydrogen) atoms. The van der Waals surface area contributed by atoms with Crippen molar-refractivity contribution < 1.29 is 18.3 Å². The van der Waals surface area contributed by atoms with E-state index in [1.807, 2.05) is 24.3 Å². The van der Waals surface area contributed by atoms with Gasteiger partial charge in [0.2, 0.25) is 10.0 Å². The van der Waals surface area contributed by atoms with Crippen LogP contribution >= 0.6 is 11.8 Å². The summed E-state index contributed by atoms with van der Waals surface area (Å²) in [6.07, 6.45) is 10.4. The Kier molecular flexibility index (Phi) is 9.96. The van der Waals surface area contributed by atoms with Crippen LogP contribution in [0.4, 0.5) is 0 Å². The Morgan fingerprint density at radius 1 is 1.08 bits per heavy atom. The number of carbonyl (C=O) groups is 1. The number of pyridine rings is 1. The number of aliphatic hydroxyl groups excluding tert-OH is 1. The first kappa shape index (κ1) is 28.3. The van der Waals surface area contributed by atoms with Crippen molar-refractivity contribution in [2.24, 2.45) is 0 Å². The number of hydrogen-bond acceptors (Lipinski definition) is 7. The molecule has 0 bridgehead atoms. The second-order valence-corrected chi connectivity index (χ2v) is 12.8. The van der Waals surface area contributed by atoms with Gasteiger partial charge in [-0.3, -0.25) is 9.78 Å². The number of sulfonamides is 1. The van der Waals surface area contributed by atoms with Crippen LogP contribution in [0.2, 0.25) is 0 Å². The molecule has 1 aromatic heterocycles. The van der Waals surface area contributed by atoms with E-state index in [1.165, 1.54) is 24.8 Å². The fourth-order valence-electron chi connectivity index (χ4n) is 4.60. The molecule has 7 nitrogen and oxygen atoms in total. The molecule has 3 aromatic rings. The number of thioether (sulfide) groups is 1. The smallest absolute Gasteiger partial charge is 0.265 e. The molecule has 0 spiro atoms. The van der Waals surface area contributed by atoms with Gasteiger partial charge in [-0.15, -0.1) is 11.8 Å². The van der Waals surface area contributed by atoms with E-state index in [2.05, 4.69) is 39.3 Å². The molecule has 2 aromatic carbocycles. The average Bonchev–Trinajstić information content (AvgIpc) is 2.91. The average molecular weight is 554 g/mol. The second kappa shape index (κ2) is 13.4. The van der Waals surface area contributed by atoms with Crippen molar-refractivity contribution in [3.63, 3.8) is 0 Å². The third-order valence-corrected chi connectivity index (χ3v) is 8.59. The molecule has 0 unspecified atom stereocenters. The van der Waals surface area contributed by atoms with E-state index in [-0.39, 0.29) is 0 Å². The zero-order chi connectivity index (χ0) is 27.0.